The summed E-state index contributed by atoms with van der Waals surface area (Å²) >= 11 is 0. The van der Waals surface area contributed by atoms with Gasteiger partial charge in [0.2, 0.25) is 10.0 Å². The Hall–Kier alpha value is -1.96. The fourth-order valence-corrected chi connectivity index (χ4v) is 5.31. The Labute approximate surface area is 159 Å². The second-order valence-electron chi connectivity index (χ2n) is 7.30. The quantitative estimate of drug-likeness (QED) is 0.795. The predicted molar refractivity (Wildman–Crippen MR) is 101 cm³/mol. The first-order valence-electron chi connectivity index (χ1n) is 8.70. The average Bonchev–Trinajstić information content (AvgIpc) is 2.61. The van der Waals surface area contributed by atoms with Gasteiger partial charge in [0.15, 0.2) is 0 Å². The smallest absolute Gasteiger partial charge is 0.244 e. The maximum Gasteiger partial charge on any atom is 0.244 e. The number of sulfonamides is 1. The zero-order chi connectivity index (χ0) is 19.8. The fourth-order valence-electron chi connectivity index (χ4n) is 3.33. The summed E-state index contributed by atoms with van der Waals surface area (Å²) in [4.78, 5) is 0.213. The molecule has 7 heteroatoms. The third-order valence-electron chi connectivity index (χ3n) is 4.85. The zero-order valence-corrected chi connectivity index (χ0v) is 16.7. The van der Waals surface area contributed by atoms with Crippen LogP contribution in [0.4, 0.5) is 4.39 Å². The van der Waals surface area contributed by atoms with Gasteiger partial charge in [0.1, 0.15) is 11.6 Å². The Balaban J connectivity index is 2.00. The van der Waals surface area contributed by atoms with E-state index in [1.54, 1.807) is 57.2 Å². The highest BCUT2D eigenvalue weighted by Gasteiger charge is 2.44. The summed E-state index contributed by atoms with van der Waals surface area (Å²) in [7, 11) is -2.27. The predicted octanol–water partition coefficient (Wildman–Crippen LogP) is 3.68. The Morgan fingerprint density at radius 3 is 2.56 bits per heavy atom. The molecular formula is C20H24FNO4S. The molecule has 1 aliphatic heterocycles. The molecule has 0 N–H and O–H groups in total. The minimum atomic E-state index is -3.80. The topological polar surface area (TPSA) is 55.8 Å². The number of methoxy groups -OCH3 is 1. The third-order valence-corrected chi connectivity index (χ3v) is 7.08. The van der Waals surface area contributed by atoms with Crippen molar-refractivity contribution in [3.05, 3.63) is 59.4 Å². The van der Waals surface area contributed by atoms with Crippen LogP contribution in [-0.2, 0) is 14.8 Å². The van der Waals surface area contributed by atoms with Crippen LogP contribution in [0.1, 0.15) is 31.1 Å². The summed E-state index contributed by atoms with van der Waals surface area (Å²) in [6.07, 6.45) is -0.660. The molecule has 2 aromatic rings. The van der Waals surface area contributed by atoms with Gasteiger partial charge in [-0.05, 0) is 50.6 Å². The second kappa shape index (κ2) is 7.22. The van der Waals surface area contributed by atoms with Gasteiger partial charge in [0.25, 0.3) is 0 Å². The summed E-state index contributed by atoms with van der Waals surface area (Å²) in [6, 6.07) is 11.2. The molecule has 1 heterocycles. The summed E-state index contributed by atoms with van der Waals surface area (Å²) in [5.41, 5.74) is 0.200. The molecule has 146 valence electrons. The molecule has 2 aromatic carbocycles. The number of hydrogen-bond donors (Lipinski definition) is 0. The van der Waals surface area contributed by atoms with Crippen molar-refractivity contribution in [2.75, 3.05) is 20.3 Å². The number of hydrogen-bond acceptors (Lipinski definition) is 4. The lowest BCUT2D eigenvalue weighted by Crippen LogP contribution is -2.56. The van der Waals surface area contributed by atoms with Gasteiger partial charge in [-0.25, -0.2) is 12.8 Å². The van der Waals surface area contributed by atoms with E-state index in [1.807, 2.05) is 0 Å². The first-order valence-corrected chi connectivity index (χ1v) is 10.1. The lowest BCUT2D eigenvalue weighted by molar-refractivity contribution is -0.0668. The van der Waals surface area contributed by atoms with Crippen LogP contribution in [0.2, 0.25) is 0 Å². The van der Waals surface area contributed by atoms with Crippen LogP contribution in [0.25, 0.3) is 0 Å². The van der Waals surface area contributed by atoms with Gasteiger partial charge in [0.05, 0.1) is 30.3 Å². The lowest BCUT2D eigenvalue weighted by Gasteiger charge is -2.44. The molecule has 1 atom stereocenters. The highest BCUT2D eigenvalue weighted by molar-refractivity contribution is 7.89. The van der Waals surface area contributed by atoms with Crippen LogP contribution in [0.15, 0.2) is 47.4 Å². The molecule has 1 unspecified atom stereocenters. The molecule has 3 rings (SSSR count). The maximum atomic E-state index is 14.2. The molecule has 1 fully saturated rings. The molecule has 1 saturated heterocycles. The molecule has 0 amide bonds. The maximum absolute atomic E-state index is 14.2. The zero-order valence-electron chi connectivity index (χ0n) is 15.9. The Morgan fingerprint density at radius 2 is 1.93 bits per heavy atom. The molecule has 1 aliphatic rings. The number of benzene rings is 2. The monoisotopic (exact) mass is 393 g/mol. The van der Waals surface area contributed by atoms with Gasteiger partial charge >= 0.3 is 0 Å². The molecule has 5 nitrogen and oxygen atoms in total. The number of rotatable bonds is 4. The summed E-state index contributed by atoms with van der Waals surface area (Å²) in [6.45, 7) is 5.56. The van der Waals surface area contributed by atoms with Gasteiger partial charge in [-0.2, -0.15) is 4.31 Å². The molecule has 27 heavy (non-hydrogen) atoms. The van der Waals surface area contributed by atoms with Crippen LogP contribution >= 0.6 is 0 Å². The standard InChI is InChI=1S/C20H24FNO4S/c1-14-11-15(25-4)9-10-19(14)27(23,24)22-12-18(26-13-20(22,2)3)16-7-5-6-8-17(16)21/h5-11,18H,12-13H2,1-4H3. The molecule has 0 spiro atoms. The number of nitrogens with zero attached hydrogens (tertiary/aromatic N) is 1. The van der Waals surface area contributed by atoms with Crippen molar-refractivity contribution in [3.8, 4) is 5.75 Å². The number of halogens is 1. The Morgan fingerprint density at radius 1 is 1.22 bits per heavy atom. The minimum absolute atomic E-state index is 0.0434. The van der Waals surface area contributed by atoms with Gasteiger partial charge in [0, 0.05) is 12.1 Å². The van der Waals surface area contributed by atoms with Crippen molar-refractivity contribution in [1.29, 1.82) is 0 Å². The highest BCUT2D eigenvalue weighted by Crippen LogP contribution is 2.36. The average molecular weight is 393 g/mol. The molecule has 0 aliphatic carbocycles. The van der Waals surface area contributed by atoms with Crippen LogP contribution < -0.4 is 4.74 Å². The van der Waals surface area contributed by atoms with Crippen molar-refractivity contribution in [3.63, 3.8) is 0 Å². The summed E-state index contributed by atoms with van der Waals surface area (Å²) in [5.74, 6) is 0.192. The van der Waals surface area contributed by atoms with Crippen molar-refractivity contribution >= 4 is 10.0 Å². The lowest BCUT2D eigenvalue weighted by atomic mass is 10.0. The van der Waals surface area contributed by atoms with Crippen LogP contribution in [-0.4, -0.2) is 38.5 Å². The Kier molecular flexibility index (Phi) is 5.29. The van der Waals surface area contributed by atoms with Crippen molar-refractivity contribution in [2.24, 2.45) is 0 Å². The molecule has 0 aromatic heterocycles. The van der Waals surface area contributed by atoms with E-state index in [1.165, 1.54) is 17.5 Å². The second-order valence-corrected chi connectivity index (χ2v) is 9.13. The third kappa shape index (κ3) is 3.72. The largest absolute Gasteiger partial charge is 0.497 e. The highest BCUT2D eigenvalue weighted by atomic mass is 32.2. The van der Waals surface area contributed by atoms with E-state index in [2.05, 4.69) is 0 Å². The summed E-state index contributed by atoms with van der Waals surface area (Å²) in [5, 5.41) is 0. The van der Waals surface area contributed by atoms with Crippen LogP contribution in [0.5, 0.6) is 5.75 Å². The SMILES string of the molecule is COc1ccc(S(=O)(=O)N2CC(c3ccccc3F)OCC2(C)C)c(C)c1. The molecule has 0 radical (unpaired) electrons. The van der Waals surface area contributed by atoms with E-state index in [-0.39, 0.29) is 18.0 Å². The van der Waals surface area contributed by atoms with Crippen molar-refractivity contribution < 1.29 is 22.3 Å². The van der Waals surface area contributed by atoms with E-state index in [0.717, 1.165) is 0 Å². The Bertz CT molecular complexity index is 943. The molecular weight excluding hydrogens is 369 g/mol. The van der Waals surface area contributed by atoms with Gasteiger partial charge in [-0.3, -0.25) is 0 Å². The van der Waals surface area contributed by atoms with E-state index in [0.29, 0.717) is 16.9 Å². The first-order chi connectivity index (χ1) is 12.7. The number of aryl methyl sites for hydroxylation is 1. The van der Waals surface area contributed by atoms with Crippen LogP contribution in [0.3, 0.4) is 0 Å². The van der Waals surface area contributed by atoms with Crippen molar-refractivity contribution in [1.82, 2.24) is 4.31 Å². The van der Waals surface area contributed by atoms with Gasteiger partial charge in [-0.1, -0.05) is 18.2 Å². The number of morpholine rings is 1. The minimum Gasteiger partial charge on any atom is -0.497 e. The van der Waals surface area contributed by atoms with Crippen molar-refractivity contribution in [2.45, 2.75) is 37.3 Å². The first kappa shape index (κ1) is 19.8. The van der Waals surface area contributed by atoms with E-state index >= 15 is 0 Å². The normalized spacial score (nSPS) is 20.4. The number of ether oxygens (including phenoxy) is 2. The van der Waals surface area contributed by atoms with Crippen LogP contribution in [0, 0.1) is 12.7 Å². The van der Waals surface area contributed by atoms with E-state index in [4.69, 9.17) is 9.47 Å². The van der Waals surface area contributed by atoms with E-state index < -0.39 is 27.5 Å². The fraction of sp³-hybridized carbons (Fsp3) is 0.400. The summed E-state index contributed by atoms with van der Waals surface area (Å²) < 4.78 is 53.4. The van der Waals surface area contributed by atoms with E-state index in [9.17, 15) is 12.8 Å². The van der Waals surface area contributed by atoms with Gasteiger partial charge < -0.3 is 9.47 Å². The molecule has 0 bridgehead atoms. The molecule has 0 saturated carbocycles. The van der Waals surface area contributed by atoms with Gasteiger partial charge in [-0.15, -0.1) is 0 Å².